The van der Waals surface area contributed by atoms with Gasteiger partial charge in [0.15, 0.2) is 0 Å². The number of hydrogen-bond acceptors (Lipinski definition) is 2. The van der Waals surface area contributed by atoms with Gasteiger partial charge in [-0.25, -0.2) is 0 Å². The summed E-state index contributed by atoms with van der Waals surface area (Å²) in [6.07, 6.45) is -4.25. The first kappa shape index (κ1) is 10.7. The van der Waals surface area contributed by atoms with Crippen LogP contribution in [0.1, 0.15) is 12.5 Å². The zero-order chi connectivity index (χ0) is 11.1. The van der Waals surface area contributed by atoms with Crippen LogP contribution in [0.4, 0.5) is 18.9 Å². The fourth-order valence-corrected chi connectivity index (χ4v) is 2.52. The Morgan fingerprint density at radius 2 is 2.13 bits per heavy atom. The topological polar surface area (TPSA) is 12.0 Å². The number of thioether (sulfide) groups is 1. The molecule has 0 saturated carbocycles. The molecule has 1 aromatic carbocycles. The maximum atomic E-state index is 12.4. The Kier molecular flexibility index (Phi) is 2.58. The lowest BCUT2D eigenvalue weighted by Crippen LogP contribution is -2.18. The molecule has 5 heteroatoms. The smallest absolute Gasteiger partial charge is 0.383 e. The van der Waals surface area contributed by atoms with Crippen molar-refractivity contribution in [2.75, 3.05) is 11.9 Å². The van der Waals surface area contributed by atoms with Gasteiger partial charge in [0.05, 0.1) is 5.56 Å². The second kappa shape index (κ2) is 3.63. The van der Waals surface area contributed by atoms with E-state index in [0.29, 0.717) is 10.1 Å². The van der Waals surface area contributed by atoms with E-state index in [1.165, 1.54) is 23.9 Å². The minimum Gasteiger partial charge on any atom is -0.383 e. The van der Waals surface area contributed by atoms with Crippen LogP contribution in [-0.2, 0) is 6.18 Å². The molecule has 82 valence electrons. The van der Waals surface area contributed by atoms with Crippen LogP contribution >= 0.6 is 11.8 Å². The van der Waals surface area contributed by atoms with E-state index in [1.54, 1.807) is 0 Å². The van der Waals surface area contributed by atoms with Gasteiger partial charge in [-0.05, 0) is 18.2 Å². The molecule has 0 amide bonds. The third-order valence-electron chi connectivity index (χ3n) is 2.22. The number of fused-ring (bicyclic) bond motifs is 1. The zero-order valence-corrected chi connectivity index (χ0v) is 8.88. The number of hydrogen-bond donors (Lipinski definition) is 1. The number of anilines is 1. The van der Waals surface area contributed by atoms with E-state index in [-0.39, 0.29) is 0 Å². The van der Waals surface area contributed by atoms with Crippen molar-refractivity contribution in [3.05, 3.63) is 23.8 Å². The summed E-state index contributed by atoms with van der Waals surface area (Å²) in [6.45, 7) is 2.78. The van der Waals surface area contributed by atoms with Crippen molar-refractivity contribution in [1.82, 2.24) is 0 Å². The van der Waals surface area contributed by atoms with Crippen molar-refractivity contribution in [2.45, 2.75) is 23.2 Å². The first-order valence-electron chi connectivity index (χ1n) is 4.58. The highest BCUT2D eigenvalue weighted by Gasteiger charge is 2.31. The molecule has 1 heterocycles. The highest BCUT2D eigenvalue weighted by atomic mass is 32.2. The Bertz CT molecular complexity index is 375. The van der Waals surface area contributed by atoms with Crippen molar-refractivity contribution >= 4 is 17.4 Å². The van der Waals surface area contributed by atoms with Gasteiger partial charge >= 0.3 is 6.18 Å². The van der Waals surface area contributed by atoms with Gasteiger partial charge in [-0.3, -0.25) is 0 Å². The van der Waals surface area contributed by atoms with Crippen LogP contribution in [0.3, 0.4) is 0 Å². The number of benzene rings is 1. The average Bonchev–Trinajstić information content (AvgIpc) is 2.15. The summed E-state index contributed by atoms with van der Waals surface area (Å²) in [7, 11) is 0. The number of nitrogens with one attached hydrogen (secondary N) is 1. The van der Waals surface area contributed by atoms with Gasteiger partial charge in [0, 0.05) is 22.4 Å². The van der Waals surface area contributed by atoms with Crippen LogP contribution in [0.5, 0.6) is 0 Å². The third kappa shape index (κ3) is 2.22. The van der Waals surface area contributed by atoms with Gasteiger partial charge < -0.3 is 5.32 Å². The summed E-state index contributed by atoms with van der Waals surface area (Å²) in [5.74, 6) is 0. The number of halogens is 3. The second-order valence-corrected chi connectivity index (χ2v) is 5.00. The van der Waals surface area contributed by atoms with E-state index < -0.39 is 11.7 Å². The Morgan fingerprint density at radius 3 is 2.80 bits per heavy atom. The van der Waals surface area contributed by atoms with Gasteiger partial charge in [-0.1, -0.05) is 6.92 Å². The maximum absolute atomic E-state index is 12.4. The molecule has 1 nitrogen and oxygen atoms in total. The fraction of sp³-hybridized carbons (Fsp3) is 0.400. The van der Waals surface area contributed by atoms with E-state index in [2.05, 4.69) is 5.32 Å². The van der Waals surface area contributed by atoms with E-state index >= 15 is 0 Å². The maximum Gasteiger partial charge on any atom is 0.416 e. The molecule has 0 saturated heterocycles. The number of alkyl halides is 3. The van der Waals surface area contributed by atoms with Crippen molar-refractivity contribution in [2.24, 2.45) is 0 Å². The van der Waals surface area contributed by atoms with Crippen LogP contribution in [-0.4, -0.2) is 11.8 Å². The van der Waals surface area contributed by atoms with Crippen molar-refractivity contribution in [3.63, 3.8) is 0 Å². The van der Waals surface area contributed by atoms with E-state index in [0.717, 1.165) is 18.3 Å². The lowest BCUT2D eigenvalue weighted by molar-refractivity contribution is -0.137. The van der Waals surface area contributed by atoms with Gasteiger partial charge in [-0.2, -0.15) is 13.2 Å². The minimum atomic E-state index is -4.25. The summed E-state index contributed by atoms with van der Waals surface area (Å²) < 4.78 is 37.3. The molecule has 0 aromatic heterocycles. The largest absolute Gasteiger partial charge is 0.416 e. The molecule has 0 spiro atoms. The molecule has 2 rings (SSSR count). The predicted octanol–water partition coefficient (Wildman–Crippen LogP) is 3.61. The molecule has 1 aliphatic heterocycles. The first-order chi connectivity index (χ1) is 6.97. The summed E-state index contributed by atoms with van der Waals surface area (Å²) in [6, 6.07) is 3.82. The van der Waals surface area contributed by atoms with Gasteiger partial charge in [0.2, 0.25) is 0 Å². The van der Waals surface area contributed by atoms with Gasteiger partial charge in [-0.15, -0.1) is 11.8 Å². The fourth-order valence-electron chi connectivity index (χ4n) is 1.45. The molecule has 0 bridgehead atoms. The van der Waals surface area contributed by atoms with Gasteiger partial charge in [0.25, 0.3) is 0 Å². The normalized spacial score (nSPS) is 20.7. The molecule has 1 atom stereocenters. The lowest BCUT2D eigenvalue weighted by atomic mass is 10.2. The number of rotatable bonds is 0. The Balaban J connectivity index is 2.37. The molecule has 1 aliphatic rings. The Morgan fingerprint density at radius 1 is 1.40 bits per heavy atom. The SMILES string of the molecule is CC1CNc2ccc(C(F)(F)F)cc2S1. The minimum absolute atomic E-state index is 0.306. The summed E-state index contributed by atoms with van der Waals surface area (Å²) in [5, 5.41) is 3.41. The average molecular weight is 233 g/mol. The van der Waals surface area contributed by atoms with Gasteiger partial charge in [0.1, 0.15) is 0 Å². The molecule has 0 aliphatic carbocycles. The lowest BCUT2D eigenvalue weighted by Gasteiger charge is -2.23. The van der Waals surface area contributed by atoms with Crippen LogP contribution in [0.2, 0.25) is 0 Å². The van der Waals surface area contributed by atoms with Crippen LogP contribution in [0.25, 0.3) is 0 Å². The van der Waals surface area contributed by atoms with Crippen LogP contribution in [0, 0.1) is 0 Å². The molecule has 1 N–H and O–H groups in total. The molecule has 1 aromatic rings. The summed E-state index contributed by atoms with van der Waals surface area (Å²) in [5.41, 5.74) is 0.218. The quantitative estimate of drug-likeness (QED) is 0.734. The van der Waals surface area contributed by atoms with E-state index in [9.17, 15) is 13.2 Å². The van der Waals surface area contributed by atoms with Crippen molar-refractivity contribution < 1.29 is 13.2 Å². The highest BCUT2D eigenvalue weighted by Crippen LogP contribution is 2.39. The summed E-state index contributed by atoms with van der Waals surface area (Å²) >= 11 is 1.48. The summed E-state index contributed by atoms with van der Waals surface area (Å²) in [4.78, 5) is 0.684. The van der Waals surface area contributed by atoms with Crippen LogP contribution in [0.15, 0.2) is 23.1 Å². The molecule has 0 fully saturated rings. The third-order valence-corrected chi connectivity index (χ3v) is 3.38. The molecule has 0 radical (unpaired) electrons. The molecular formula is C10H10F3NS. The molecular weight excluding hydrogens is 223 g/mol. The zero-order valence-electron chi connectivity index (χ0n) is 8.06. The van der Waals surface area contributed by atoms with E-state index in [1.807, 2.05) is 6.92 Å². The Hall–Kier alpha value is -0.840. The predicted molar refractivity (Wildman–Crippen MR) is 55.3 cm³/mol. The standard InChI is InChI=1S/C10H10F3NS/c1-6-5-14-8-3-2-7(10(11,12)13)4-9(8)15-6/h2-4,6,14H,5H2,1H3. The van der Waals surface area contributed by atoms with E-state index in [4.69, 9.17) is 0 Å². The van der Waals surface area contributed by atoms with Crippen molar-refractivity contribution in [3.8, 4) is 0 Å². The monoisotopic (exact) mass is 233 g/mol. The molecule has 1 unspecified atom stereocenters. The van der Waals surface area contributed by atoms with Crippen LogP contribution < -0.4 is 5.32 Å². The first-order valence-corrected chi connectivity index (χ1v) is 5.46. The highest BCUT2D eigenvalue weighted by molar-refractivity contribution is 8.00. The Labute approximate surface area is 90.1 Å². The van der Waals surface area contributed by atoms with Crippen molar-refractivity contribution in [1.29, 1.82) is 0 Å². The second-order valence-electron chi connectivity index (χ2n) is 3.52. The molecule has 15 heavy (non-hydrogen) atoms.